The molecule has 0 aliphatic carbocycles. The van der Waals surface area contributed by atoms with Gasteiger partial charge in [-0.05, 0) is 69.3 Å². The highest BCUT2D eigenvalue weighted by Crippen LogP contribution is 2.30. The number of ether oxygens (including phenoxy) is 1. The number of hydrogen-bond donors (Lipinski definition) is 1. The average Bonchev–Trinajstić information content (AvgIpc) is 3.35. The molecule has 0 amide bonds. The summed E-state index contributed by atoms with van der Waals surface area (Å²) in [6.07, 6.45) is -2.68. The first kappa shape index (κ1) is 22.4. The van der Waals surface area contributed by atoms with E-state index in [1.54, 1.807) is 49.7 Å². The van der Waals surface area contributed by atoms with Crippen LogP contribution in [0.5, 0.6) is 5.75 Å². The number of aliphatic carboxylic acids is 1. The first-order valence-electron chi connectivity index (χ1n) is 10.0. The zero-order valence-corrected chi connectivity index (χ0v) is 18.1. The first-order valence-corrected chi connectivity index (χ1v) is 10.0. The molecule has 0 aliphatic rings. The van der Waals surface area contributed by atoms with E-state index in [0.29, 0.717) is 22.8 Å². The average molecular weight is 458 g/mol. The van der Waals surface area contributed by atoms with Crippen molar-refractivity contribution in [2.75, 3.05) is 0 Å². The van der Waals surface area contributed by atoms with E-state index in [2.05, 4.69) is 10.2 Å². The molecule has 4 rings (SSSR count). The van der Waals surface area contributed by atoms with Crippen molar-refractivity contribution in [2.45, 2.75) is 39.1 Å². The standard InChI is InChI=1S/C23H21F3N4O3/c1-14-19(28-30(27-14)17-6-4-16(5-7-17)23(24,25)26)13-33-18-8-9-20-15(12-18)10-11-29(20)22(2,3)21(31)32/h4-12H,13H2,1-3H3,(H,31,32). The molecule has 0 atom stereocenters. The number of aryl methyl sites for hydroxylation is 1. The smallest absolute Gasteiger partial charge is 0.416 e. The molecule has 2 heterocycles. The van der Waals surface area contributed by atoms with Crippen LogP contribution in [0.15, 0.2) is 54.7 Å². The predicted octanol–water partition coefficient (Wildman–Crippen LogP) is 4.95. The number of carbonyl (C=O) groups is 1. The summed E-state index contributed by atoms with van der Waals surface area (Å²) in [5, 5.41) is 18.9. The summed E-state index contributed by atoms with van der Waals surface area (Å²) in [6, 6.07) is 11.7. The van der Waals surface area contributed by atoms with Crippen LogP contribution in [-0.4, -0.2) is 30.6 Å². The van der Waals surface area contributed by atoms with Crippen LogP contribution in [0, 0.1) is 6.92 Å². The maximum atomic E-state index is 12.8. The molecule has 4 aromatic rings. The fourth-order valence-corrected chi connectivity index (χ4v) is 3.39. The highest BCUT2D eigenvalue weighted by atomic mass is 19.4. The Kier molecular flexibility index (Phi) is 5.39. The third-order valence-corrected chi connectivity index (χ3v) is 5.47. The number of rotatable bonds is 6. The fraction of sp³-hybridized carbons (Fsp3) is 0.261. The van der Waals surface area contributed by atoms with Crippen molar-refractivity contribution < 1.29 is 27.8 Å². The van der Waals surface area contributed by atoms with Gasteiger partial charge in [-0.15, -0.1) is 5.10 Å². The minimum absolute atomic E-state index is 0.110. The lowest BCUT2D eigenvalue weighted by Gasteiger charge is -2.23. The molecule has 0 aliphatic heterocycles. The van der Waals surface area contributed by atoms with Gasteiger partial charge in [-0.3, -0.25) is 0 Å². The normalized spacial score (nSPS) is 12.3. The summed E-state index contributed by atoms with van der Waals surface area (Å²) in [6.45, 7) is 5.10. The van der Waals surface area contributed by atoms with Crippen molar-refractivity contribution in [1.29, 1.82) is 0 Å². The highest BCUT2D eigenvalue weighted by molar-refractivity contribution is 5.85. The molecular formula is C23H21F3N4O3. The van der Waals surface area contributed by atoms with Crippen LogP contribution in [0.4, 0.5) is 13.2 Å². The van der Waals surface area contributed by atoms with Crippen molar-refractivity contribution in [3.63, 3.8) is 0 Å². The molecule has 0 saturated carbocycles. The molecule has 0 saturated heterocycles. The minimum atomic E-state index is -4.41. The summed E-state index contributed by atoms with van der Waals surface area (Å²) >= 11 is 0. The molecule has 0 fully saturated rings. The van der Waals surface area contributed by atoms with Crippen LogP contribution in [0.3, 0.4) is 0 Å². The predicted molar refractivity (Wildman–Crippen MR) is 114 cm³/mol. The highest BCUT2D eigenvalue weighted by Gasteiger charge is 2.31. The van der Waals surface area contributed by atoms with Gasteiger partial charge in [0.1, 0.15) is 23.6 Å². The molecule has 33 heavy (non-hydrogen) atoms. The van der Waals surface area contributed by atoms with E-state index in [-0.39, 0.29) is 6.61 Å². The van der Waals surface area contributed by atoms with Crippen molar-refractivity contribution >= 4 is 16.9 Å². The molecule has 1 N–H and O–H groups in total. The van der Waals surface area contributed by atoms with Gasteiger partial charge in [-0.2, -0.15) is 23.1 Å². The van der Waals surface area contributed by atoms with Gasteiger partial charge in [-0.1, -0.05) is 0 Å². The lowest BCUT2D eigenvalue weighted by atomic mass is 10.1. The van der Waals surface area contributed by atoms with Gasteiger partial charge in [0.15, 0.2) is 0 Å². The number of nitrogens with zero attached hydrogens (tertiary/aromatic N) is 4. The maximum Gasteiger partial charge on any atom is 0.416 e. The summed E-state index contributed by atoms with van der Waals surface area (Å²) in [4.78, 5) is 12.8. The van der Waals surface area contributed by atoms with Crippen LogP contribution in [-0.2, 0) is 23.1 Å². The largest absolute Gasteiger partial charge is 0.487 e. The van der Waals surface area contributed by atoms with E-state index in [4.69, 9.17) is 4.74 Å². The van der Waals surface area contributed by atoms with Crippen molar-refractivity contribution in [3.05, 3.63) is 71.7 Å². The van der Waals surface area contributed by atoms with Gasteiger partial charge < -0.3 is 14.4 Å². The summed E-state index contributed by atoms with van der Waals surface area (Å²) in [5.74, 6) is -0.371. The van der Waals surface area contributed by atoms with E-state index in [1.165, 1.54) is 16.9 Å². The summed E-state index contributed by atoms with van der Waals surface area (Å²) < 4.78 is 45.8. The van der Waals surface area contributed by atoms with Crippen molar-refractivity contribution in [3.8, 4) is 11.4 Å². The molecular weight excluding hydrogens is 437 g/mol. The van der Waals surface area contributed by atoms with Gasteiger partial charge in [0.2, 0.25) is 0 Å². The second-order valence-corrected chi connectivity index (χ2v) is 8.13. The number of alkyl halides is 3. The quantitative estimate of drug-likeness (QED) is 0.442. The summed E-state index contributed by atoms with van der Waals surface area (Å²) in [7, 11) is 0. The van der Waals surface area contributed by atoms with E-state index < -0.39 is 23.2 Å². The number of fused-ring (bicyclic) bond motifs is 1. The maximum absolute atomic E-state index is 12.8. The Hall–Kier alpha value is -3.82. The lowest BCUT2D eigenvalue weighted by molar-refractivity contribution is -0.145. The van der Waals surface area contributed by atoms with E-state index in [9.17, 15) is 23.1 Å². The second kappa shape index (κ2) is 7.95. The topological polar surface area (TPSA) is 82.2 Å². The van der Waals surface area contributed by atoms with Crippen molar-refractivity contribution in [2.24, 2.45) is 0 Å². The summed E-state index contributed by atoms with van der Waals surface area (Å²) in [5.41, 5.74) is 0.456. The third-order valence-electron chi connectivity index (χ3n) is 5.47. The molecule has 2 aromatic carbocycles. The fourth-order valence-electron chi connectivity index (χ4n) is 3.39. The minimum Gasteiger partial charge on any atom is -0.487 e. The monoisotopic (exact) mass is 458 g/mol. The van der Waals surface area contributed by atoms with E-state index in [0.717, 1.165) is 23.0 Å². The number of carboxylic acid groups (broad SMARTS) is 1. The Morgan fingerprint density at radius 1 is 1.06 bits per heavy atom. The van der Waals surface area contributed by atoms with Gasteiger partial charge >= 0.3 is 12.1 Å². The molecule has 0 unspecified atom stereocenters. The van der Waals surface area contributed by atoms with Crippen LogP contribution < -0.4 is 4.74 Å². The van der Waals surface area contributed by atoms with E-state index >= 15 is 0 Å². The number of aromatic nitrogens is 4. The number of benzene rings is 2. The van der Waals surface area contributed by atoms with Gasteiger partial charge in [-0.25, -0.2) is 4.79 Å². The molecule has 172 valence electrons. The Morgan fingerprint density at radius 2 is 1.76 bits per heavy atom. The van der Waals surface area contributed by atoms with Crippen LogP contribution in [0.2, 0.25) is 0 Å². The van der Waals surface area contributed by atoms with Gasteiger partial charge in [0, 0.05) is 17.1 Å². The van der Waals surface area contributed by atoms with Gasteiger partial charge in [0.05, 0.1) is 16.9 Å². The van der Waals surface area contributed by atoms with Crippen molar-refractivity contribution in [1.82, 2.24) is 19.6 Å². The zero-order chi connectivity index (χ0) is 24.0. The molecule has 0 bridgehead atoms. The SMILES string of the molecule is Cc1nn(-c2ccc(C(F)(F)F)cc2)nc1COc1ccc2c(ccn2C(C)(C)C(=O)O)c1. The van der Waals surface area contributed by atoms with Crippen LogP contribution in [0.25, 0.3) is 16.6 Å². The number of halogens is 3. The number of hydrogen-bond acceptors (Lipinski definition) is 4. The molecule has 10 heteroatoms. The first-order chi connectivity index (χ1) is 15.5. The van der Waals surface area contributed by atoms with E-state index in [1.807, 2.05) is 6.07 Å². The molecule has 0 spiro atoms. The van der Waals surface area contributed by atoms with Crippen LogP contribution in [0.1, 0.15) is 30.8 Å². The Balaban J connectivity index is 1.51. The molecule has 7 nitrogen and oxygen atoms in total. The Morgan fingerprint density at radius 3 is 2.39 bits per heavy atom. The Bertz CT molecular complexity index is 1320. The zero-order valence-electron chi connectivity index (χ0n) is 18.1. The second-order valence-electron chi connectivity index (χ2n) is 8.13. The third kappa shape index (κ3) is 4.28. The van der Waals surface area contributed by atoms with Gasteiger partial charge in [0.25, 0.3) is 0 Å². The van der Waals surface area contributed by atoms with Crippen LogP contribution >= 0.6 is 0 Å². The lowest BCUT2D eigenvalue weighted by Crippen LogP contribution is -2.34. The molecule has 2 aromatic heterocycles. The molecule has 0 radical (unpaired) electrons. The Labute approximate surface area is 187 Å². The number of carboxylic acids is 1.